The van der Waals surface area contributed by atoms with Gasteiger partial charge in [0, 0.05) is 17.9 Å². The second kappa shape index (κ2) is 5.79. The standard InChI is InChI=1S/C18H22N4/c1-18(2,3)21-16-15(11-10-14-8-5-4-6-9-14)20-17-19-12-7-13-22(16)17/h4-9,12-13,21H,10-11H2,1-3H3. The molecule has 0 amide bonds. The van der Waals surface area contributed by atoms with Crippen molar-refractivity contribution in [2.24, 2.45) is 0 Å². The van der Waals surface area contributed by atoms with Crippen LogP contribution in [0.2, 0.25) is 0 Å². The molecule has 0 saturated carbocycles. The van der Waals surface area contributed by atoms with Crippen molar-refractivity contribution in [1.29, 1.82) is 0 Å². The molecule has 2 heterocycles. The van der Waals surface area contributed by atoms with E-state index in [0.29, 0.717) is 0 Å². The zero-order valence-electron chi connectivity index (χ0n) is 13.4. The Labute approximate surface area is 131 Å². The first-order valence-corrected chi connectivity index (χ1v) is 7.67. The molecule has 1 aromatic carbocycles. The van der Waals surface area contributed by atoms with Gasteiger partial charge >= 0.3 is 0 Å². The van der Waals surface area contributed by atoms with Crippen LogP contribution in [-0.2, 0) is 12.8 Å². The number of imidazole rings is 1. The van der Waals surface area contributed by atoms with Crippen molar-refractivity contribution in [2.45, 2.75) is 39.2 Å². The zero-order chi connectivity index (χ0) is 15.6. The number of nitrogens with one attached hydrogen (secondary N) is 1. The summed E-state index contributed by atoms with van der Waals surface area (Å²) in [7, 11) is 0. The summed E-state index contributed by atoms with van der Waals surface area (Å²) in [5.41, 5.74) is 2.37. The quantitative estimate of drug-likeness (QED) is 0.797. The predicted octanol–water partition coefficient (Wildman–Crippen LogP) is 3.72. The van der Waals surface area contributed by atoms with E-state index in [1.165, 1.54) is 5.56 Å². The van der Waals surface area contributed by atoms with Gasteiger partial charge in [0.25, 0.3) is 0 Å². The SMILES string of the molecule is CC(C)(C)Nc1c(CCc2ccccc2)nc2ncccn12. The van der Waals surface area contributed by atoms with Gasteiger partial charge in [-0.1, -0.05) is 30.3 Å². The normalized spacial score (nSPS) is 11.8. The first-order valence-electron chi connectivity index (χ1n) is 7.67. The van der Waals surface area contributed by atoms with Gasteiger partial charge in [-0.25, -0.2) is 9.97 Å². The maximum atomic E-state index is 4.70. The maximum absolute atomic E-state index is 4.70. The summed E-state index contributed by atoms with van der Waals surface area (Å²) < 4.78 is 2.03. The summed E-state index contributed by atoms with van der Waals surface area (Å²) in [4.78, 5) is 9.06. The molecule has 3 aromatic rings. The van der Waals surface area contributed by atoms with Crippen LogP contribution in [0.15, 0.2) is 48.8 Å². The molecule has 0 unspecified atom stereocenters. The number of hydrogen-bond donors (Lipinski definition) is 1. The number of rotatable bonds is 4. The molecule has 1 N–H and O–H groups in total. The summed E-state index contributed by atoms with van der Waals surface area (Å²) in [5.74, 6) is 1.80. The van der Waals surface area contributed by atoms with Crippen molar-refractivity contribution in [1.82, 2.24) is 14.4 Å². The largest absolute Gasteiger partial charge is 0.365 e. The fraction of sp³-hybridized carbons (Fsp3) is 0.333. The molecule has 22 heavy (non-hydrogen) atoms. The highest BCUT2D eigenvalue weighted by molar-refractivity contribution is 5.53. The van der Waals surface area contributed by atoms with Gasteiger partial charge < -0.3 is 5.32 Å². The Hall–Kier alpha value is -2.36. The lowest BCUT2D eigenvalue weighted by Gasteiger charge is -2.22. The van der Waals surface area contributed by atoms with Crippen LogP contribution in [0.1, 0.15) is 32.0 Å². The molecule has 0 radical (unpaired) electrons. The zero-order valence-corrected chi connectivity index (χ0v) is 13.4. The minimum Gasteiger partial charge on any atom is -0.365 e. The predicted molar refractivity (Wildman–Crippen MR) is 90.2 cm³/mol. The number of anilines is 1. The van der Waals surface area contributed by atoms with E-state index in [1.807, 2.05) is 22.7 Å². The number of benzene rings is 1. The Bertz CT molecular complexity index is 754. The minimum atomic E-state index is -0.0205. The lowest BCUT2D eigenvalue weighted by Crippen LogP contribution is -2.27. The molecule has 0 spiro atoms. The van der Waals surface area contributed by atoms with Crippen molar-refractivity contribution in [3.05, 3.63) is 60.0 Å². The summed E-state index contributed by atoms with van der Waals surface area (Å²) in [5, 5.41) is 3.57. The number of fused-ring (bicyclic) bond motifs is 1. The smallest absolute Gasteiger partial charge is 0.235 e. The second-order valence-electron chi connectivity index (χ2n) is 6.56. The van der Waals surface area contributed by atoms with Crippen LogP contribution < -0.4 is 5.32 Å². The van der Waals surface area contributed by atoms with Crippen LogP contribution in [0.5, 0.6) is 0 Å². The topological polar surface area (TPSA) is 42.2 Å². The number of nitrogens with zero attached hydrogens (tertiary/aromatic N) is 3. The van der Waals surface area contributed by atoms with E-state index in [2.05, 4.69) is 55.3 Å². The van der Waals surface area contributed by atoms with Crippen LogP contribution in [-0.4, -0.2) is 19.9 Å². The van der Waals surface area contributed by atoms with E-state index in [4.69, 9.17) is 4.98 Å². The van der Waals surface area contributed by atoms with Crippen LogP contribution in [0.3, 0.4) is 0 Å². The molecule has 0 fully saturated rings. The number of aromatic nitrogens is 3. The molecule has 0 bridgehead atoms. The Morgan fingerprint density at radius 3 is 2.55 bits per heavy atom. The summed E-state index contributed by atoms with van der Waals surface area (Å²) in [6.07, 6.45) is 5.66. The summed E-state index contributed by atoms with van der Waals surface area (Å²) in [6, 6.07) is 12.5. The van der Waals surface area contributed by atoms with Gasteiger partial charge in [0.1, 0.15) is 5.82 Å². The highest BCUT2D eigenvalue weighted by atomic mass is 15.2. The molecule has 0 aliphatic heterocycles. The minimum absolute atomic E-state index is 0.0205. The Morgan fingerprint density at radius 2 is 1.82 bits per heavy atom. The number of aryl methyl sites for hydroxylation is 2. The van der Waals surface area contributed by atoms with E-state index < -0.39 is 0 Å². The van der Waals surface area contributed by atoms with E-state index in [1.54, 1.807) is 6.20 Å². The molecule has 3 rings (SSSR count). The van der Waals surface area contributed by atoms with Crippen molar-refractivity contribution in [3.8, 4) is 0 Å². The van der Waals surface area contributed by atoms with Gasteiger partial charge in [-0.3, -0.25) is 4.40 Å². The molecule has 4 nitrogen and oxygen atoms in total. The Morgan fingerprint density at radius 1 is 1.05 bits per heavy atom. The highest BCUT2D eigenvalue weighted by Gasteiger charge is 2.18. The van der Waals surface area contributed by atoms with Crippen LogP contribution in [0, 0.1) is 0 Å². The molecular formula is C18H22N4. The van der Waals surface area contributed by atoms with Crippen molar-refractivity contribution >= 4 is 11.6 Å². The average molecular weight is 294 g/mol. The van der Waals surface area contributed by atoms with Crippen LogP contribution in [0.25, 0.3) is 5.78 Å². The van der Waals surface area contributed by atoms with E-state index in [-0.39, 0.29) is 5.54 Å². The lowest BCUT2D eigenvalue weighted by atomic mass is 10.1. The molecule has 4 heteroatoms. The Kier molecular flexibility index (Phi) is 3.84. The molecule has 0 atom stereocenters. The number of hydrogen-bond acceptors (Lipinski definition) is 3. The molecule has 2 aromatic heterocycles. The van der Waals surface area contributed by atoms with Crippen molar-refractivity contribution in [3.63, 3.8) is 0 Å². The van der Waals surface area contributed by atoms with E-state index >= 15 is 0 Å². The van der Waals surface area contributed by atoms with Gasteiger partial charge in [-0.2, -0.15) is 0 Å². The van der Waals surface area contributed by atoms with Gasteiger partial charge in [0.15, 0.2) is 0 Å². The van der Waals surface area contributed by atoms with Gasteiger partial charge in [0.05, 0.1) is 5.69 Å². The first-order chi connectivity index (χ1) is 10.5. The third-order valence-corrected chi connectivity index (χ3v) is 3.46. The summed E-state index contributed by atoms with van der Waals surface area (Å²) >= 11 is 0. The average Bonchev–Trinajstić information content (AvgIpc) is 2.83. The Balaban J connectivity index is 1.92. The van der Waals surface area contributed by atoms with Gasteiger partial charge in [-0.15, -0.1) is 0 Å². The van der Waals surface area contributed by atoms with Crippen LogP contribution >= 0.6 is 0 Å². The molecular weight excluding hydrogens is 272 g/mol. The lowest BCUT2D eigenvalue weighted by molar-refractivity contribution is 0.627. The van der Waals surface area contributed by atoms with E-state index in [9.17, 15) is 0 Å². The van der Waals surface area contributed by atoms with Gasteiger partial charge in [0.2, 0.25) is 5.78 Å². The van der Waals surface area contributed by atoms with E-state index in [0.717, 1.165) is 30.1 Å². The fourth-order valence-electron chi connectivity index (χ4n) is 2.50. The molecule has 0 aliphatic rings. The fourth-order valence-corrected chi connectivity index (χ4v) is 2.50. The second-order valence-corrected chi connectivity index (χ2v) is 6.56. The monoisotopic (exact) mass is 294 g/mol. The third-order valence-electron chi connectivity index (χ3n) is 3.46. The highest BCUT2D eigenvalue weighted by Crippen LogP contribution is 2.22. The van der Waals surface area contributed by atoms with Crippen molar-refractivity contribution in [2.75, 3.05) is 5.32 Å². The van der Waals surface area contributed by atoms with Gasteiger partial charge in [-0.05, 0) is 45.2 Å². The third kappa shape index (κ3) is 3.27. The van der Waals surface area contributed by atoms with Crippen LogP contribution in [0.4, 0.5) is 5.82 Å². The molecule has 0 aliphatic carbocycles. The molecule has 0 saturated heterocycles. The maximum Gasteiger partial charge on any atom is 0.235 e. The first kappa shape index (κ1) is 14.6. The summed E-state index contributed by atoms with van der Waals surface area (Å²) in [6.45, 7) is 6.47. The van der Waals surface area contributed by atoms with Crippen molar-refractivity contribution < 1.29 is 0 Å². The molecule has 114 valence electrons.